The number of hydrogen-bond donors (Lipinski definition) is 2. The van der Waals surface area contributed by atoms with Crippen molar-refractivity contribution in [2.24, 2.45) is 5.92 Å². The highest BCUT2D eigenvalue weighted by Gasteiger charge is 2.30. The van der Waals surface area contributed by atoms with Crippen LogP contribution in [-0.2, 0) is 19.1 Å². The molecule has 0 spiro atoms. The first-order valence-corrected chi connectivity index (χ1v) is 11.6. The van der Waals surface area contributed by atoms with E-state index in [0.29, 0.717) is 32.0 Å². The van der Waals surface area contributed by atoms with E-state index < -0.39 is 0 Å². The van der Waals surface area contributed by atoms with Crippen LogP contribution in [0.15, 0.2) is 0 Å². The van der Waals surface area contributed by atoms with E-state index in [0.717, 1.165) is 71.7 Å². The van der Waals surface area contributed by atoms with Crippen molar-refractivity contribution in [2.75, 3.05) is 72.1 Å². The molecule has 8 heteroatoms. The van der Waals surface area contributed by atoms with Crippen LogP contribution in [0.2, 0.25) is 0 Å². The monoisotopic (exact) mass is 426 g/mol. The molecule has 0 aromatic rings. The molecule has 2 rings (SSSR count). The third-order valence-electron chi connectivity index (χ3n) is 6.14. The summed E-state index contributed by atoms with van der Waals surface area (Å²) in [6.45, 7) is 15.8. The number of carbonyl (C=O) groups is 2. The topological polar surface area (TPSA) is 83.1 Å². The van der Waals surface area contributed by atoms with Gasteiger partial charge in [-0.1, -0.05) is 6.92 Å². The van der Waals surface area contributed by atoms with Crippen molar-refractivity contribution in [2.45, 2.75) is 52.0 Å². The number of carbonyl (C=O) groups excluding carboxylic acids is 2. The average molecular weight is 427 g/mol. The van der Waals surface area contributed by atoms with Crippen LogP contribution >= 0.6 is 0 Å². The van der Waals surface area contributed by atoms with Crippen molar-refractivity contribution in [1.29, 1.82) is 0 Å². The first kappa shape index (κ1) is 25.0. The molecule has 2 fully saturated rings. The zero-order chi connectivity index (χ0) is 21.8. The summed E-state index contributed by atoms with van der Waals surface area (Å²) in [4.78, 5) is 28.8. The van der Waals surface area contributed by atoms with E-state index in [-0.39, 0.29) is 17.5 Å². The first-order valence-electron chi connectivity index (χ1n) is 11.6. The Hall–Kier alpha value is -1.22. The molecule has 8 nitrogen and oxygen atoms in total. The molecule has 2 saturated heterocycles. The van der Waals surface area contributed by atoms with Gasteiger partial charge < -0.3 is 25.0 Å². The molecular weight excluding hydrogens is 384 g/mol. The summed E-state index contributed by atoms with van der Waals surface area (Å²) in [6.07, 6.45) is 2.45. The first-order chi connectivity index (χ1) is 14.4. The fraction of sp³-hybridized carbons (Fsp3) is 0.909. The van der Waals surface area contributed by atoms with E-state index in [2.05, 4.69) is 41.2 Å². The van der Waals surface area contributed by atoms with E-state index >= 15 is 0 Å². The Morgan fingerprint density at radius 3 is 2.03 bits per heavy atom. The Balaban J connectivity index is 1.50. The van der Waals surface area contributed by atoms with Crippen LogP contribution < -0.4 is 10.6 Å². The molecule has 2 N–H and O–H groups in total. The van der Waals surface area contributed by atoms with Crippen molar-refractivity contribution in [1.82, 2.24) is 20.4 Å². The molecule has 2 aliphatic rings. The number of nitrogens with zero attached hydrogens (tertiary/aromatic N) is 2. The van der Waals surface area contributed by atoms with Gasteiger partial charge in [-0.2, -0.15) is 0 Å². The summed E-state index contributed by atoms with van der Waals surface area (Å²) in [7, 11) is 0. The van der Waals surface area contributed by atoms with Gasteiger partial charge in [0.25, 0.3) is 0 Å². The van der Waals surface area contributed by atoms with E-state index in [1.807, 2.05) is 0 Å². The lowest BCUT2D eigenvalue weighted by Crippen LogP contribution is -2.54. The molecule has 2 aliphatic heterocycles. The van der Waals surface area contributed by atoms with E-state index in [1.54, 1.807) is 0 Å². The number of rotatable bonds is 12. The molecule has 0 aromatic carbocycles. The lowest BCUT2D eigenvalue weighted by atomic mass is 9.97. The van der Waals surface area contributed by atoms with E-state index in [1.165, 1.54) is 0 Å². The molecule has 0 aromatic heterocycles. The molecule has 1 atom stereocenters. The SMILES string of the molecule is CC(CCOC(=O)CCN1CCNCC1)CCOC(=O)CC(C)(C)N1CCNCC1. The van der Waals surface area contributed by atoms with Crippen molar-refractivity contribution in [3.63, 3.8) is 0 Å². The molecule has 1 unspecified atom stereocenters. The van der Waals surface area contributed by atoms with Gasteiger partial charge in [-0.25, -0.2) is 0 Å². The van der Waals surface area contributed by atoms with Crippen LogP contribution in [0, 0.1) is 5.92 Å². The Morgan fingerprint density at radius 2 is 1.43 bits per heavy atom. The minimum absolute atomic E-state index is 0.123. The predicted molar refractivity (Wildman–Crippen MR) is 117 cm³/mol. The zero-order valence-electron chi connectivity index (χ0n) is 19.2. The maximum atomic E-state index is 12.2. The summed E-state index contributed by atoms with van der Waals surface area (Å²) in [5.74, 6) is 0.0901. The number of nitrogens with one attached hydrogen (secondary N) is 2. The molecular formula is C22H42N4O4. The Labute approximate surface area is 182 Å². The van der Waals surface area contributed by atoms with Crippen LogP contribution in [0.1, 0.15) is 46.5 Å². The van der Waals surface area contributed by atoms with Gasteiger partial charge in [0.2, 0.25) is 0 Å². The van der Waals surface area contributed by atoms with Crippen LogP contribution in [0.4, 0.5) is 0 Å². The number of ether oxygens (including phenoxy) is 2. The second-order valence-electron chi connectivity index (χ2n) is 9.19. The van der Waals surface area contributed by atoms with Gasteiger partial charge in [-0.15, -0.1) is 0 Å². The smallest absolute Gasteiger partial charge is 0.307 e. The van der Waals surface area contributed by atoms with E-state index in [4.69, 9.17) is 9.47 Å². The highest BCUT2D eigenvalue weighted by atomic mass is 16.5. The Bertz CT molecular complexity index is 517. The van der Waals surface area contributed by atoms with Gasteiger partial charge in [-0.3, -0.25) is 14.5 Å². The van der Waals surface area contributed by atoms with Crippen LogP contribution in [-0.4, -0.2) is 99.4 Å². The van der Waals surface area contributed by atoms with Crippen molar-refractivity contribution >= 4 is 11.9 Å². The van der Waals surface area contributed by atoms with Gasteiger partial charge >= 0.3 is 11.9 Å². The summed E-state index contributed by atoms with van der Waals surface area (Å²) >= 11 is 0. The Morgan fingerprint density at radius 1 is 0.900 bits per heavy atom. The molecule has 0 bridgehead atoms. The Kier molecular flexibility index (Phi) is 11.1. The molecule has 0 saturated carbocycles. The molecule has 174 valence electrons. The fourth-order valence-corrected chi connectivity index (χ4v) is 3.93. The number of esters is 2. The largest absolute Gasteiger partial charge is 0.466 e. The normalized spacial score (nSPS) is 20.0. The third kappa shape index (κ3) is 9.73. The van der Waals surface area contributed by atoms with Crippen molar-refractivity contribution in [3.8, 4) is 0 Å². The summed E-state index contributed by atoms with van der Waals surface area (Å²) < 4.78 is 10.8. The zero-order valence-corrected chi connectivity index (χ0v) is 19.2. The quantitative estimate of drug-likeness (QED) is 0.445. The van der Waals surface area contributed by atoms with Crippen molar-refractivity contribution in [3.05, 3.63) is 0 Å². The maximum Gasteiger partial charge on any atom is 0.307 e. The lowest BCUT2D eigenvalue weighted by molar-refractivity contribution is -0.147. The fourth-order valence-electron chi connectivity index (χ4n) is 3.93. The molecule has 0 amide bonds. The van der Waals surface area contributed by atoms with Crippen molar-refractivity contribution < 1.29 is 19.1 Å². The number of piperazine rings is 2. The average Bonchev–Trinajstić information content (AvgIpc) is 2.73. The molecule has 0 radical (unpaired) electrons. The summed E-state index contributed by atoms with van der Waals surface area (Å²) in [5, 5.41) is 6.64. The second-order valence-corrected chi connectivity index (χ2v) is 9.19. The van der Waals surface area contributed by atoms with Gasteiger partial charge in [0, 0.05) is 64.4 Å². The molecule has 0 aliphatic carbocycles. The minimum atomic E-state index is -0.177. The highest BCUT2D eigenvalue weighted by molar-refractivity contribution is 5.70. The predicted octanol–water partition coefficient (Wildman–Crippen LogP) is 0.858. The second kappa shape index (κ2) is 13.2. The van der Waals surface area contributed by atoms with Crippen LogP contribution in [0.5, 0.6) is 0 Å². The van der Waals surface area contributed by atoms with E-state index in [9.17, 15) is 9.59 Å². The van der Waals surface area contributed by atoms with Gasteiger partial charge in [0.1, 0.15) is 0 Å². The third-order valence-corrected chi connectivity index (χ3v) is 6.14. The number of hydrogen-bond acceptors (Lipinski definition) is 8. The van der Waals surface area contributed by atoms with Gasteiger partial charge in [0.15, 0.2) is 0 Å². The molecule has 30 heavy (non-hydrogen) atoms. The minimum Gasteiger partial charge on any atom is -0.466 e. The maximum absolute atomic E-state index is 12.2. The standard InChI is InChI=1S/C22H42N4O4/c1-19(5-16-29-20(27)4-11-25-12-7-23-8-13-25)6-17-30-21(28)18-22(2,3)26-14-9-24-10-15-26/h19,23-24H,4-18H2,1-3H3. The van der Waals surface area contributed by atoms with Crippen LogP contribution in [0.25, 0.3) is 0 Å². The van der Waals surface area contributed by atoms with Crippen LogP contribution in [0.3, 0.4) is 0 Å². The van der Waals surface area contributed by atoms with Gasteiger partial charge in [0.05, 0.1) is 26.1 Å². The lowest BCUT2D eigenvalue weighted by Gasteiger charge is -2.40. The highest BCUT2D eigenvalue weighted by Crippen LogP contribution is 2.20. The summed E-state index contributed by atoms with van der Waals surface area (Å²) in [6, 6.07) is 0. The molecule has 2 heterocycles. The van der Waals surface area contributed by atoms with Gasteiger partial charge in [-0.05, 0) is 32.6 Å². The summed E-state index contributed by atoms with van der Waals surface area (Å²) in [5.41, 5.74) is -0.177.